The van der Waals surface area contributed by atoms with E-state index in [0.717, 1.165) is 28.0 Å². The molecule has 0 aliphatic carbocycles. The minimum Gasteiger partial charge on any atom is -0.435 e. The fourth-order valence-electron chi connectivity index (χ4n) is 6.08. The van der Waals surface area contributed by atoms with Crippen molar-refractivity contribution in [1.29, 1.82) is 0 Å². The molecule has 54 heavy (non-hydrogen) atoms. The second kappa shape index (κ2) is 16.8. The predicted octanol–water partition coefficient (Wildman–Crippen LogP) is 5.73. The smallest absolute Gasteiger partial charge is 0.435 e. The van der Waals surface area contributed by atoms with E-state index in [-0.39, 0.29) is 28.8 Å². The molecule has 13 nitrogen and oxygen atoms in total. The number of thiazole rings is 1. The summed E-state index contributed by atoms with van der Waals surface area (Å²) in [6.45, 7) is 4.82. The van der Waals surface area contributed by atoms with Gasteiger partial charge in [0.1, 0.15) is 22.8 Å². The SMILES string of the molecule is C/C=C\C1=C(C(=O)OC(C)OC(=O)OCC)N2C(=O)C(NC(=O)/C(=N\OC(c3ccccc3)(c3ccccc3)c3ccccc3)c3csc(N)n3)[C@@H]2SC1. The van der Waals surface area contributed by atoms with E-state index >= 15 is 0 Å². The topological polar surface area (TPSA) is 172 Å². The second-order valence-electron chi connectivity index (χ2n) is 11.9. The molecule has 0 bridgehead atoms. The van der Waals surface area contributed by atoms with Gasteiger partial charge < -0.3 is 30.1 Å². The molecular weight excluding hydrogens is 731 g/mol. The number of ether oxygens (including phenoxy) is 3. The summed E-state index contributed by atoms with van der Waals surface area (Å²) >= 11 is 2.47. The van der Waals surface area contributed by atoms with Crippen LogP contribution in [0.2, 0.25) is 0 Å². The number of β-lactam (4-membered cyclic amide) rings is 1. The molecule has 3 N–H and O–H groups in total. The summed E-state index contributed by atoms with van der Waals surface area (Å²) in [5.41, 5.74) is 7.38. The van der Waals surface area contributed by atoms with Crippen molar-refractivity contribution in [2.45, 2.75) is 44.1 Å². The van der Waals surface area contributed by atoms with E-state index in [1.165, 1.54) is 23.6 Å². The van der Waals surface area contributed by atoms with Crippen molar-refractivity contribution in [3.05, 3.63) is 142 Å². The number of nitrogen functional groups attached to an aromatic ring is 1. The van der Waals surface area contributed by atoms with Crippen LogP contribution in [0.1, 0.15) is 43.2 Å². The lowest BCUT2D eigenvalue weighted by atomic mass is 9.80. The Balaban J connectivity index is 1.32. The van der Waals surface area contributed by atoms with Crippen molar-refractivity contribution in [3.63, 3.8) is 0 Å². The molecule has 2 amide bonds. The van der Waals surface area contributed by atoms with Crippen LogP contribution in [0.15, 0.2) is 125 Å². The van der Waals surface area contributed by atoms with Gasteiger partial charge in [0.25, 0.3) is 11.8 Å². The highest BCUT2D eigenvalue weighted by Crippen LogP contribution is 2.42. The lowest BCUT2D eigenvalue weighted by Crippen LogP contribution is -2.71. The van der Waals surface area contributed by atoms with Crippen molar-refractivity contribution in [3.8, 4) is 0 Å². The van der Waals surface area contributed by atoms with Crippen molar-refractivity contribution in [2.24, 2.45) is 5.16 Å². The maximum atomic E-state index is 14.2. The van der Waals surface area contributed by atoms with Gasteiger partial charge in [0, 0.05) is 34.7 Å². The van der Waals surface area contributed by atoms with Gasteiger partial charge in [-0.25, -0.2) is 14.6 Å². The Bertz CT molecular complexity index is 1990. The largest absolute Gasteiger partial charge is 0.511 e. The summed E-state index contributed by atoms with van der Waals surface area (Å²) in [6.07, 6.45) is 1.13. The van der Waals surface area contributed by atoms with Gasteiger partial charge in [0.05, 0.1) is 6.61 Å². The number of rotatable bonds is 13. The Morgan fingerprint density at radius 1 is 1.00 bits per heavy atom. The van der Waals surface area contributed by atoms with Crippen molar-refractivity contribution >= 4 is 57.9 Å². The first-order valence-corrected chi connectivity index (χ1v) is 18.9. The molecule has 2 aliphatic rings. The van der Waals surface area contributed by atoms with Crippen LogP contribution in [0.25, 0.3) is 0 Å². The van der Waals surface area contributed by atoms with Crippen LogP contribution in [-0.4, -0.2) is 69.6 Å². The Morgan fingerprint density at radius 3 is 2.11 bits per heavy atom. The maximum Gasteiger partial charge on any atom is 0.511 e. The normalized spacial score (nSPS) is 17.6. The zero-order valence-corrected chi connectivity index (χ0v) is 31.2. The van der Waals surface area contributed by atoms with Gasteiger partial charge in [0.15, 0.2) is 10.8 Å². The summed E-state index contributed by atoms with van der Waals surface area (Å²) in [6, 6.07) is 27.5. The van der Waals surface area contributed by atoms with Crippen LogP contribution in [-0.2, 0) is 39.0 Å². The number of hydrogen-bond donors (Lipinski definition) is 2. The number of allylic oxidation sites excluding steroid dienone is 2. The molecule has 15 heteroatoms. The van der Waals surface area contributed by atoms with E-state index in [4.69, 9.17) is 24.8 Å². The number of esters is 1. The van der Waals surface area contributed by atoms with Crippen LogP contribution in [0.3, 0.4) is 0 Å². The number of nitrogens with two attached hydrogens (primary N) is 1. The zero-order valence-electron chi connectivity index (χ0n) is 29.5. The number of hydrogen-bond acceptors (Lipinski definition) is 13. The number of fused-ring (bicyclic) bond motifs is 1. The van der Waals surface area contributed by atoms with Crippen LogP contribution < -0.4 is 11.1 Å². The molecule has 4 aromatic rings. The van der Waals surface area contributed by atoms with Gasteiger partial charge in [-0.2, -0.15) is 0 Å². The zero-order chi connectivity index (χ0) is 38.2. The summed E-state index contributed by atoms with van der Waals surface area (Å²) in [5.74, 6) is -1.86. The van der Waals surface area contributed by atoms with Gasteiger partial charge in [-0.15, -0.1) is 23.1 Å². The molecule has 0 radical (unpaired) electrons. The lowest BCUT2D eigenvalue weighted by molar-refractivity contribution is -0.168. The van der Waals surface area contributed by atoms with Gasteiger partial charge in [-0.05, 0) is 19.4 Å². The molecule has 0 saturated carbocycles. The molecule has 3 aromatic carbocycles. The quantitative estimate of drug-likeness (QED) is 0.0425. The van der Waals surface area contributed by atoms with E-state index in [1.807, 2.05) is 91.0 Å². The van der Waals surface area contributed by atoms with E-state index < -0.39 is 47.2 Å². The third-order valence-corrected chi connectivity index (χ3v) is 10.4. The van der Waals surface area contributed by atoms with Crippen molar-refractivity contribution in [2.75, 3.05) is 18.1 Å². The first-order valence-electron chi connectivity index (χ1n) is 17.0. The first kappa shape index (κ1) is 37.8. The molecular formula is C39H37N5O8S2. The fourth-order valence-corrected chi connectivity index (χ4v) is 7.95. The number of anilines is 1. The Morgan fingerprint density at radius 2 is 1.59 bits per heavy atom. The minimum absolute atomic E-state index is 0.0190. The number of aromatic nitrogens is 1. The predicted molar refractivity (Wildman–Crippen MR) is 204 cm³/mol. The number of carbonyl (C=O) groups excluding carboxylic acids is 4. The van der Waals surface area contributed by atoms with Crippen molar-refractivity contribution in [1.82, 2.24) is 15.2 Å². The number of amides is 2. The lowest BCUT2D eigenvalue weighted by Gasteiger charge is -2.49. The number of nitrogens with zero attached hydrogens (tertiary/aromatic N) is 3. The van der Waals surface area contributed by atoms with Crippen LogP contribution >= 0.6 is 23.1 Å². The highest BCUT2D eigenvalue weighted by atomic mass is 32.2. The Kier molecular flexibility index (Phi) is 11.8. The number of carbonyl (C=O) groups is 4. The Hall–Kier alpha value is -5.93. The molecule has 3 atom stereocenters. The van der Waals surface area contributed by atoms with Crippen LogP contribution in [0, 0.1) is 0 Å². The number of nitrogens with one attached hydrogen (secondary N) is 1. The highest BCUT2D eigenvalue weighted by molar-refractivity contribution is 8.00. The molecule has 1 saturated heterocycles. The van der Waals surface area contributed by atoms with Crippen LogP contribution in [0.4, 0.5) is 9.93 Å². The summed E-state index contributed by atoms with van der Waals surface area (Å²) in [5, 5.41) is 8.43. The third-order valence-electron chi connectivity index (χ3n) is 8.44. The Labute approximate surface area is 319 Å². The highest BCUT2D eigenvalue weighted by Gasteiger charge is 2.55. The molecule has 3 heterocycles. The first-order chi connectivity index (χ1) is 26.2. The van der Waals surface area contributed by atoms with E-state index in [1.54, 1.807) is 31.4 Å². The minimum atomic E-state index is -1.31. The number of benzene rings is 3. The summed E-state index contributed by atoms with van der Waals surface area (Å²) in [7, 11) is 0. The van der Waals surface area contributed by atoms with Crippen LogP contribution in [0.5, 0.6) is 0 Å². The molecule has 278 valence electrons. The average Bonchev–Trinajstić information content (AvgIpc) is 3.61. The monoisotopic (exact) mass is 767 g/mol. The standard InChI is InChI=1S/C39H37N5O8S2/c1-4-15-25-22-53-35-31(34(46)44(35)32(25)36(47)50-24(3)51-38(48)49-5-2)42-33(45)30(29-23-54-37(40)41-29)43-52-39(26-16-9-6-10-17-26,27-18-11-7-12-19-27)28-20-13-8-14-21-28/h4,6-21,23-24,31,35H,5,22H2,1-3H3,(H2,40,41)(H,42,45)/b15-4-,43-30-/t24?,31?,35-/m0/s1. The molecule has 1 fully saturated rings. The number of thioether (sulfide) groups is 1. The molecule has 1 aromatic heterocycles. The fraction of sp³-hybridized carbons (Fsp3) is 0.231. The number of oxime groups is 1. The molecule has 6 rings (SSSR count). The maximum absolute atomic E-state index is 14.2. The third kappa shape index (κ3) is 7.72. The van der Waals surface area contributed by atoms with E-state index in [9.17, 15) is 19.2 Å². The molecule has 0 spiro atoms. The van der Waals surface area contributed by atoms with E-state index in [0.29, 0.717) is 11.3 Å². The average molecular weight is 768 g/mol. The van der Waals surface area contributed by atoms with E-state index in [2.05, 4.69) is 15.5 Å². The summed E-state index contributed by atoms with van der Waals surface area (Å²) in [4.78, 5) is 65.5. The van der Waals surface area contributed by atoms with Gasteiger partial charge in [-0.1, -0.05) is 108 Å². The van der Waals surface area contributed by atoms with Gasteiger partial charge in [-0.3, -0.25) is 14.5 Å². The van der Waals surface area contributed by atoms with Gasteiger partial charge in [0.2, 0.25) is 11.9 Å². The molecule has 2 unspecified atom stereocenters. The van der Waals surface area contributed by atoms with Gasteiger partial charge >= 0.3 is 12.1 Å². The molecule has 2 aliphatic heterocycles. The second-order valence-corrected chi connectivity index (χ2v) is 13.9. The van der Waals surface area contributed by atoms with Crippen molar-refractivity contribution < 1.29 is 38.2 Å². The summed E-state index contributed by atoms with van der Waals surface area (Å²) < 4.78 is 15.1.